The molecule has 7 nitrogen and oxygen atoms in total. The molecule has 2 aliphatic rings. The number of hydrogen-bond acceptors (Lipinski definition) is 6. The molecule has 0 unspecified atom stereocenters. The number of thiocarbonyl (C=S) groups is 1. The lowest BCUT2D eigenvalue weighted by molar-refractivity contribution is 0.436. The van der Waals surface area contributed by atoms with Crippen LogP contribution in [0.15, 0.2) is 49.1 Å². The number of anilines is 4. The van der Waals surface area contributed by atoms with E-state index in [0.29, 0.717) is 17.6 Å². The maximum absolute atomic E-state index is 5.40. The van der Waals surface area contributed by atoms with Gasteiger partial charge in [0.25, 0.3) is 0 Å². The highest BCUT2D eigenvalue weighted by atomic mass is 32.1. The van der Waals surface area contributed by atoms with Crippen molar-refractivity contribution >= 4 is 40.6 Å². The SMILES string of the molecule is C=CCNC(=S)Nc1nc(N2CCC(C)CC2)cc(N2CCN(c3ccccc3)CC2)n1. The maximum Gasteiger partial charge on any atom is 0.232 e. The fraction of sp³-hybridized carbons (Fsp3) is 0.458. The van der Waals surface area contributed by atoms with Crippen LogP contribution in [-0.2, 0) is 0 Å². The highest BCUT2D eigenvalue weighted by Gasteiger charge is 2.23. The van der Waals surface area contributed by atoms with Gasteiger partial charge in [0, 0.05) is 57.6 Å². The molecular weight excluding hydrogens is 418 g/mol. The molecule has 1 aromatic heterocycles. The van der Waals surface area contributed by atoms with E-state index in [0.717, 1.165) is 56.8 Å². The van der Waals surface area contributed by atoms with Crippen molar-refractivity contribution in [3.05, 3.63) is 49.1 Å². The van der Waals surface area contributed by atoms with Crippen LogP contribution < -0.4 is 25.3 Å². The molecule has 0 atom stereocenters. The Kier molecular flexibility index (Phi) is 7.42. The molecule has 0 saturated carbocycles. The fourth-order valence-electron chi connectivity index (χ4n) is 4.18. The van der Waals surface area contributed by atoms with E-state index in [4.69, 9.17) is 22.2 Å². The lowest BCUT2D eigenvalue weighted by Crippen LogP contribution is -2.47. The summed E-state index contributed by atoms with van der Waals surface area (Å²) in [5, 5.41) is 6.77. The molecule has 2 aromatic rings. The second kappa shape index (κ2) is 10.6. The Labute approximate surface area is 196 Å². The Balaban J connectivity index is 1.51. The van der Waals surface area contributed by atoms with Crippen molar-refractivity contribution in [1.82, 2.24) is 15.3 Å². The Morgan fingerprint density at radius 2 is 1.59 bits per heavy atom. The van der Waals surface area contributed by atoms with E-state index < -0.39 is 0 Å². The molecule has 4 rings (SSSR count). The topological polar surface area (TPSA) is 59.6 Å². The first-order valence-electron chi connectivity index (χ1n) is 11.5. The average molecular weight is 452 g/mol. The van der Waals surface area contributed by atoms with E-state index in [-0.39, 0.29) is 0 Å². The van der Waals surface area contributed by atoms with Crippen LogP contribution in [0.3, 0.4) is 0 Å². The van der Waals surface area contributed by atoms with Gasteiger partial charge in [0.1, 0.15) is 11.6 Å². The molecule has 1 aromatic carbocycles. The minimum atomic E-state index is 0.508. The Hall–Kier alpha value is -2.87. The van der Waals surface area contributed by atoms with E-state index in [9.17, 15) is 0 Å². The Morgan fingerprint density at radius 3 is 2.22 bits per heavy atom. The average Bonchev–Trinajstić information content (AvgIpc) is 2.83. The number of benzene rings is 1. The zero-order valence-corrected chi connectivity index (χ0v) is 19.7. The second-order valence-electron chi connectivity index (χ2n) is 8.51. The number of nitrogens with one attached hydrogen (secondary N) is 2. The van der Waals surface area contributed by atoms with E-state index >= 15 is 0 Å². The zero-order chi connectivity index (χ0) is 22.3. The summed E-state index contributed by atoms with van der Waals surface area (Å²) in [6.07, 6.45) is 4.16. The molecule has 0 spiro atoms. The van der Waals surface area contributed by atoms with Crippen LogP contribution in [-0.4, -0.2) is 60.9 Å². The summed E-state index contributed by atoms with van der Waals surface area (Å²) in [4.78, 5) is 16.8. The van der Waals surface area contributed by atoms with E-state index in [2.05, 4.69) is 75.2 Å². The molecule has 170 valence electrons. The maximum atomic E-state index is 5.40. The van der Waals surface area contributed by atoms with Crippen molar-refractivity contribution in [3.8, 4) is 0 Å². The number of piperazine rings is 1. The first-order valence-corrected chi connectivity index (χ1v) is 11.9. The van der Waals surface area contributed by atoms with Crippen molar-refractivity contribution in [3.63, 3.8) is 0 Å². The van der Waals surface area contributed by atoms with Crippen LogP contribution in [0, 0.1) is 5.92 Å². The third kappa shape index (κ3) is 5.68. The van der Waals surface area contributed by atoms with Crippen LogP contribution >= 0.6 is 12.2 Å². The number of para-hydroxylation sites is 1. The normalized spacial score (nSPS) is 17.2. The highest BCUT2D eigenvalue weighted by Crippen LogP contribution is 2.27. The van der Waals surface area contributed by atoms with Crippen molar-refractivity contribution in [1.29, 1.82) is 0 Å². The third-order valence-corrected chi connectivity index (χ3v) is 6.41. The predicted molar refractivity (Wildman–Crippen MR) is 138 cm³/mol. The van der Waals surface area contributed by atoms with E-state index in [1.807, 2.05) is 0 Å². The summed E-state index contributed by atoms with van der Waals surface area (Å²) in [5.74, 6) is 3.24. The van der Waals surface area contributed by atoms with E-state index in [1.54, 1.807) is 6.08 Å². The highest BCUT2D eigenvalue weighted by molar-refractivity contribution is 7.80. The molecular formula is C24H33N7S. The quantitative estimate of drug-likeness (QED) is 0.511. The predicted octanol–water partition coefficient (Wildman–Crippen LogP) is 3.51. The molecule has 2 aliphatic heterocycles. The van der Waals surface area contributed by atoms with Gasteiger partial charge in [-0.25, -0.2) is 0 Å². The summed E-state index contributed by atoms with van der Waals surface area (Å²) in [6, 6.07) is 12.7. The summed E-state index contributed by atoms with van der Waals surface area (Å²) in [7, 11) is 0. The van der Waals surface area contributed by atoms with Crippen molar-refractivity contribution in [2.24, 2.45) is 5.92 Å². The minimum absolute atomic E-state index is 0.508. The van der Waals surface area contributed by atoms with Crippen LogP contribution in [0.25, 0.3) is 0 Å². The zero-order valence-electron chi connectivity index (χ0n) is 18.8. The standard InChI is InChI=1S/C24H33N7S/c1-3-11-25-24(32)28-23-26-21(30-12-9-19(2)10-13-30)18-22(27-23)31-16-14-29(15-17-31)20-7-5-4-6-8-20/h3-8,18-19H,1,9-17H2,2H3,(H2,25,26,27,28,32). The summed E-state index contributed by atoms with van der Waals surface area (Å²) in [5.41, 5.74) is 1.28. The number of piperidine rings is 1. The second-order valence-corrected chi connectivity index (χ2v) is 8.92. The number of rotatable bonds is 6. The first-order chi connectivity index (χ1) is 15.6. The van der Waals surface area contributed by atoms with Gasteiger partial charge in [0.2, 0.25) is 5.95 Å². The van der Waals surface area contributed by atoms with Gasteiger partial charge in [0.15, 0.2) is 5.11 Å². The largest absolute Gasteiger partial charge is 0.368 e. The summed E-state index contributed by atoms with van der Waals surface area (Å²) < 4.78 is 0. The lowest BCUT2D eigenvalue weighted by Gasteiger charge is -2.37. The van der Waals surface area contributed by atoms with Gasteiger partial charge in [-0.2, -0.15) is 9.97 Å². The van der Waals surface area contributed by atoms with Crippen LogP contribution in [0.5, 0.6) is 0 Å². The van der Waals surface area contributed by atoms with Gasteiger partial charge in [-0.3, -0.25) is 0 Å². The molecule has 32 heavy (non-hydrogen) atoms. The van der Waals surface area contributed by atoms with Crippen molar-refractivity contribution in [2.75, 3.05) is 65.8 Å². The monoisotopic (exact) mass is 451 g/mol. The molecule has 0 amide bonds. The fourth-order valence-corrected chi connectivity index (χ4v) is 4.36. The van der Waals surface area contributed by atoms with Gasteiger partial charge in [-0.1, -0.05) is 31.2 Å². The summed E-state index contributed by atoms with van der Waals surface area (Å²) >= 11 is 5.40. The van der Waals surface area contributed by atoms with Crippen LogP contribution in [0.1, 0.15) is 19.8 Å². The lowest BCUT2D eigenvalue weighted by atomic mass is 9.99. The van der Waals surface area contributed by atoms with Crippen molar-refractivity contribution < 1.29 is 0 Å². The molecule has 0 bridgehead atoms. The van der Waals surface area contributed by atoms with Crippen LogP contribution in [0.2, 0.25) is 0 Å². The number of aromatic nitrogens is 2. The molecule has 0 aliphatic carbocycles. The van der Waals surface area contributed by atoms with Gasteiger partial charge in [-0.15, -0.1) is 6.58 Å². The number of nitrogens with zero attached hydrogens (tertiary/aromatic N) is 5. The number of hydrogen-bond donors (Lipinski definition) is 2. The minimum Gasteiger partial charge on any atom is -0.368 e. The van der Waals surface area contributed by atoms with Gasteiger partial charge in [-0.05, 0) is 43.1 Å². The molecule has 2 fully saturated rings. The molecule has 8 heteroatoms. The molecule has 2 N–H and O–H groups in total. The smallest absolute Gasteiger partial charge is 0.232 e. The molecule has 2 saturated heterocycles. The van der Waals surface area contributed by atoms with Gasteiger partial charge < -0.3 is 25.3 Å². The Morgan fingerprint density at radius 1 is 1.00 bits per heavy atom. The Bertz CT molecular complexity index is 904. The summed E-state index contributed by atoms with van der Waals surface area (Å²) in [6.45, 7) is 12.5. The van der Waals surface area contributed by atoms with Crippen LogP contribution in [0.4, 0.5) is 23.3 Å². The van der Waals surface area contributed by atoms with Gasteiger partial charge in [0.05, 0.1) is 0 Å². The third-order valence-electron chi connectivity index (χ3n) is 6.16. The van der Waals surface area contributed by atoms with Gasteiger partial charge >= 0.3 is 0 Å². The van der Waals surface area contributed by atoms with E-state index in [1.165, 1.54) is 18.5 Å². The molecule has 0 radical (unpaired) electrons. The molecule has 3 heterocycles. The first kappa shape index (κ1) is 22.3. The van der Waals surface area contributed by atoms with Crippen molar-refractivity contribution in [2.45, 2.75) is 19.8 Å².